The molecule has 5 rings (SSSR count). The van der Waals surface area contributed by atoms with Crippen LogP contribution in [0.1, 0.15) is 40.2 Å². The van der Waals surface area contributed by atoms with Crippen LogP contribution in [0.25, 0.3) is 0 Å². The Kier molecular flexibility index (Phi) is 4.83. The van der Waals surface area contributed by atoms with Gasteiger partial charge in [0.1, 0.15) is 11.5 Å². The average molecular weight is 383 g/mol. The summed E-state index contributed by atoms with van der Waals surface area (Å²) in [5.74, 6) is 1.40. The number of carbonyl (C=O) groups is 2. The second-order valence-corrected chi connectivity index (χ2v) is 7.64. The summed E-state index contributed by atoms with van der Waals surface area (Å²) in [7, 11) is 1.60. The number of nitrogens with zero attached hydrogens (tertiary/aromatic N) is 3. The molecule has 2 amide bonds. The maximum atomic E-state index is 13.1. The lowest BCUT2D eigenvalue weighted by Gasteiger charge is -2.35. The molecule has 0 aliphatic carbocycles. The molecule has 2 aromatic rings. The Bertz CT molecular complexity index is 870. The van der Waals surface area contributed by atoms with Crippen molar-refractivity contribution < 1.29 is 18.8 Å². The van der Waals surface area contributed by atoms with Crippen LogP contribution >= 0.6 is 0 Å². The van der Waals surface area contributed by atoms with Crippen LogP contribution in [0.5, 0.6) is 5.75 Å². The second-order valence-electron chi connectivity index (χ2n) is 7.64. The normalized spacial score (nSPS) is 21.8. The number of hydrogen-bond donors (Lipinski definition) is 0. The molecule has 0 radical (unpaired) electrons. The predicted molar refractivity (Wildman–Crippen MR) is 102 cm³/mol. The fourth-order valence-electron chi connectivity index (χ4n) is 4.23. The van der Waals surface area contributed by atoms with Crippen molar-refractivity contribution in [1.29, 1.82) is 0 Å². The lowest BCUT2D eigenvalue weighted by molar-refractivity contribution is -0.140. The number of piperidine rings is 1. The van der Waals surface area contributed by atoms with Gasteiger partial charge in [-0.25, -0.2) is 0 Å². The molecule has 3 aliphatic rings. The van der Waals surface area contributed by atoms with Crippen molar-refractivity contribution in [2.24, 2.45) is 5.92 Å². The van der Waals surface area contributed by atoms with E-state index in [0.717, 1.165) is 29.9 Å². The van der Waals surface area contributed by atoms with E-state index in [0.29, 0.717) is 30.9 Å². The van der Waals surface area contributed by atoms with E-state index in [1.165, 1.54) is 0 Å². The number of aromatic nitrogens is 1. The van der Waals surface area contributed by atoms with Gasteiger partial charge in [-0.2, -0.15) is 0 Å². The zero-order valence-electron chi connectivity index (χ0n) is 16.5. The maximum Gasteiger partial charge on any atom is 0.253 e. The number of benzene rings is 1. The topological polar surface area (TPSA) is 75.9 Å². The van der Waals surface area contributed by atoms with Gasteiger partial charge in [0.05, 0.1) is 25.3 Å². The first-order valence-electron chi connectivity index (χ1n) is 9.63. The molecule has 2 bridgehead atoms. The monoisotopic (exact) mass is 383 g/mol. The summed E-state index contributed by atoms with van der Waals surface area (Å²) in [6.45, 7) is 5.28. The molecular formula is C21H25N3O4. The number of hydrogen-bond acceptors (Lipinski definition) is 5. The highest BCUT2D eigenvalue weighted by molar-refractivity contribution is 5.95. The third-order valence-corrected chi connectivity index (χ3v) is 5.93. The third kappa shape index (κ3) is 3.25. The third-order valence-electron chi connectivity index (χ3n) is 5.93. The molecule has 1 aromatic carbocycles. The molecule has 0 saturated carbocycles. The maximum absolute atomic E-state index is 13.1. The Morgan fingerprint density at radius 3 is 2.61 bits per heavy atom. The largest absolute Gasteiger partial charge is 0.497 e. The highest BCUT2D eigenvalue weighted by atomic mass is 16.5. The SMILES string of the molecule is COc1ccc(C(=O)N2C[C@@H]3CC[C@H](C2)N(Cc2c(C)noc2C)C3=O)cc1. The molecule has 1 aromatic heterocycles. The zero-order valence-corrected chi connectivity index (χ0v) is 16.5. The van der Waals surface area contributed by atoms with Crippen molar-refractivity contribution in [2.75, 3.05) is 20.2 Å². The summed E-state index contributed by atoms with van der Waals surface area (Å²) in [5, 5.41) is 4.00. The number of amides is 2. The highest BCUT2D eigenvalue weighted by Gasteiger charge is 2.42. The van der Waals surface area contributed by atoms with E-state index in [1.54, 1.807) is 31.4 Å². The summed E-state index contributed by atoms with van der Waals surface area (Å²) in [5.41, 5.74) is 2.40. The number of carbonyl (C=O) groups excluding carboxylic acids is 2. The minimum absolute atomic E-state index is 0.0159. The first-order chi connectivity index (χ1) is 13.5. The van der Waals surface area contributed by atoms with Crippen LogP contribution in [-0.2, 0) is 11.3 Å². The van der Waals surface area contributed by atoms with Crippen molar-refractivity contribution in [1.82, 2.24) is 15.0 Å². The first kappa shape index (κ1) is 18.5. The van der Waals surface area contributed by atoms with Gasteiger partial charge in [-0.1, -0.05) is 5.16 Å². The van der Waals surface area contributed by atoms with Gasteiger partial charge in [-0.3, -0.25) is 9.59 Å². The lowest BCUT2D eigenvalue weighted by Crippen LogP contribution is -2.47. The van der Waals surface area contributed by atoms with Crippen molar-refractivity contribution in [3.8, 4) is 5.75 Å². The van der Waals surface area contributed by atoms with E-state index in [-0.39, 0.29) is 23.8 Å². The van der Waals surface area contributed by atoms with E-state index in [1.807, 2.05) is 23.6 Å². The predicted octanol–water partition coefficient (Wildman–Crippen LogP) is 2.56. The van der Waals surface area contributed by atoms with Gasteiger partial charge in [0.2, 0.25) is 5.91 Å². The fourth-order valence-corrected chi connectivity index (χ4v) is 4.23. The minimum atomic E-state index is -0.151. The average Bonchev–Trinajstić information content (AvgIpc) is 2.88. The van der Waals surface area contributed by atoms with E-state index < -0.39 is 0 Å². The fraction of sp³-hybridized carbons (Fsp3) is 0.476. The van der Waals surface area contributed by atoms with Gasteiger partial charge in [0.15, 0.2) is 0 Å². The van der Waals surface area contributed by atoms with Crippen LogP contribution in [-0.4, -0.2) is 53.0 Å². The first-order valence-corrected chi connectivity index (χ1v) is 9.63. The molecule has 0 spiro atoms. The minimum Gasteiger partial charge on any atom is -0.497 e. The molecule has 3 aliphatic heterocycles. The number of ether oxygens (including phenoxy) is 1. The van der Waals surface area contributed by atoms with Crippen molar-refractivity contribution in [3.63, 3.8) is 0 Å². The Morgan fingerprint density at radius 2 is 1.96 bits per heavy atom. The molecular weight excluding hydrogens is 358 g/mol. The summed E-state index contributed by atoms with van der Waals surface area (Å²) in [6.07, 6.45) is 1.74. The van der Waals surface area contributed by atoms with Gasteiger partial charge in [-0.05, 0) is 51.0 Å². The molecule has 3 fully saturated rings. The highest BCUT2D eigenvalue weighted by Crippen LogP contribution is 2.32. The molecule has 3 saturated heterocycles. The van der Waals surface area contributed by atoms with Gasteiger partial charge in [0.25, 0.3) is 5.91 Å². The molecule has 7 nitrogen and oxygen atoms in total. The quantitative estimate of drug-likeness (QED) is 0.811. The molecule has 2 atom stereocenters. The van der Waals surface area contributed by atoms with Crippen LogP contribution in [0.15, 0.2) is 28.8 Å². The number of methoxy groups -OCH3 is 1. The van der Waals surface area contributed by atoms with Crippen LogP contribution < -0.4 is 4.74 Å². The number of fused-ring (bicyclic) bond motifs is 4. The molecule has 0 unspecified atom stereocenters. The lowest BCUT2D eigenvalue weighted by atomic mass is 9.93. The standard InChI is InChI=1S/C21H25N3O4/c1-13-19(14(2)28-22-13)12-24-17-7-4-16(21(24)26)10-23(11-17)20(25)15-5-8-18(27-3)9-6-15/h5-6,8-9,16-17H,4,7,10-12H2,1-3H3/t16-,17+/m0/s1. The molecule has 28 heavy (non-hydrogen) atoms. The molecule has 7 heteroatoms. The summed E-state index contributed by atoms with van der Waals surface area (Å²) in [4.78, 5) is 29.9. The Morgan fingerprint density at radius 1 is 1.21 bits per heavy atom. The van der Waals surface area contributed by atoms with E-state index in [9.17, 15) is 9.59 Å². The van der Waals surface area contributed by atoms with Gasteiger partial charge in [0, 0.05) is 30.3 Å². The number of aryl methyl sites for hydroxylation is 2. The van der Waals surface area contributed by atoms with E-state index in [2.05, 4.69) is 5.16 Å². The van der Waals surface area contributed by atoms with Crippen molar-refractivity contribution >= 4 is 11.8 Å². The van der Waals surface area contributed by atoms with Gasteiger partial charge < -0.3 is 19.1 Å². The van der Waals surface area contributed by atoms with Crippen molar-refractivity contribution in [2.45, 2.75) is 39.3 Å². The van der Waals surface area contributed by atoms with Crippen LogP contribution in [0.3, 0.4) is 0 Å². The van der Waals surface area contributed by atoms with Crippen LogP contribution in [0.4, 0.5) is 0 Å². The second kappa shape index (κ2) is 7.30. The van der Waals surface area contributed by atoms with E-state index >= 15 is 0 Å². The molecule has 0 N–H and O–H groups in total. The van der Waals surface area contributed by atoms with Crippen LogP contribution in [0, 0.1) is 19.8 Å². The zero-order chi connectivity index (χ0) is 19.8. The van der Waals surface area contributed by atoms with Gasteiger partial charge >= 0.3 is 0 Å². The Hall–Kier alpha value is -2.83. The van der Waals surface area contributed by atoms with Gasteiger partial charge in [-0.15, -0.1) is 0 Å². The summed E-state index contributed by atoms with van der Waals surface area (Å²) in [6, 6.07) is 7.14. The van der Waals surface area contributed by atoms with Crippen LogP contribution in [0.2, 0.25) is 0 Å². The summed E-state index contributed by atoms with van der Waals surface area (Å²) < 4.78 is 10.4. The molecule has 4 heterocycles. The Labute approximate surface area is 164 Å². The molecule has 148 valence electrons. The smallest absolute Gasteiger partial charge is 0.253 e. The Balaban J connectivity index is 1.55. The van der Waals surface area contributed by atoms with E-state index in [4.69, 9.17) is 9.26 Å². The van der Waals surface area contributed by atoms with Crippen molar-refractivity contribution in [3.05, 3.63) is 46.8 Å². The number of rotatable bonds is 4. The summed E-state index contributed by atoms with van der Waals surface area (Å²) >= 11 is 0.